The van der Waals surface area contributed by atoms with E-state index in [0.717, 1.165) is 50.3 Å². The molecule has 2 aliphatic heterocycles. The monoisotopic (exact) mass is 262 g/mol. The molecule has 0 saturated carbocycles. The number of nitrogens with one attached hydrogen (secondary N) is 1. The minimum atomic E-state index is 0.163. The van der Waals surface area contributed by atoms with Crippen molar-refractivity contribution in [3.05, 3.63) is 17.5 Å². The zero-order valence-electron chi connectivity index (χ0n) is 11.7. The molecule has 3 heterocycles. The molecular formula is C14H22N4O. The van der Waals surface area contributed by atoms with Crippen molar-refractivity contribution < 1.29 is 4.79 Å². The van der Waals surface area contributed by atoms with Crippen molar-refractivity contribution >= 4 is 5.91 Å². The molecule has 1 N–H and O–H groups in total. The van der Waals surface area contributed by atoms with E-state index in [1.165, 1.54) is 0 Å². The van der Waals surface area contributed by atoms with Crippen LogP contribution in [0.25, 0.3) is 0 Å². The van der Waals surface area contributed by atoms with Crippen LogP contribution in [0, 0.1) is 12.8 Å². The van der Waals surface area contributed by atoms with Crippen molar-refractivity contribution in [3.63, 3.8) is 0 Å². The zero-order chi connectivity index (χ0) is 13.4. The van der Waals surface area contributed by atoms with Gasteiger partial charge in [0.2, 0.25) is 0 Å². The molecular weight excluding hydrogens is 240 g/mol. The molecule has 5 heteroatoms. The summed E-state index contributed by atoms with van der Waals surface area (Å²) in [7, 11) is 0. The van der Waals surface area contributed by atoms with E-state index in [1.807, 2.05) is 16.5 Å². The first-order valence-electron chi connectivity index (χ1n) is 7.26. The normalized spacial score (nSPS) is 25.9. The Labute approximate surface area is 114 Å². The molecule has 19 heavy (non-hydrogen) atoms. The van der Waals surface area contributed by atoms with Crippen LogP contribution in [0.4, 0.5) is 0 Å². The molecule has 2 unspecified atom stereocenters. The maximum Gasteiger partial charge on any atom is 0.257 e. The minimum absolute atomic E-state index is 0.163. The molecule has 1 aromatic rings. The highest BCUT2D eigenvalue weighted by Gasteiger charge is 2.40. The quantitative estimate of drug-likeness (QED) is 0.885. The van der Waals surface area contributed by atoms with Gasteiger partial charge in [0.25, 0.3) is 5.91 Å². The Morgan fingerprint density at radius 3 is 3.16 bits per heavy atom. The van der Waals surface area contributed by atoms with Crippen LogP contribution in [-0.4, -0.2) is 46.3 Å². The molecule has 0 radical (unpaired) electrons. The first-order chi connectivity index (χ1) is 9.22. The fraction of sp³-hybridized carbons (Fsp3) is 0.714. The van der Waals surface area contributed by atoms with Gasteiger partial charge in [0.1, 0.15) is 0 Å². The van der Waals surface area contributed by atoms with E-state index < -0.39 is 0 Å². The Hall–Kier alpha value is -1.36. The molecule has 0 bridgehead atoms. The van der Waals surface area contributed by atoms with E-state index in [2.05, 4.69) is 17.3 Å². The summed E-state index contributed by atoms with van der Waals surface area (Å²) in [5.41, 5.74) is 1.78. The predicted molar refractivity (Wildman–Crippen MR) is 73.1 cm³/mol. The Morgan fingerprint density at radius 1 is 1.53 bits per heavy atom. The van der Waals surface area contributed by atoms with Crippen LogP contribution in [0.3, 0.4) is 0 Å². The summed E-state index contributed by atoms with van der Waals surface area (Å²) in [6.45, 7) is 7.90. The summed E-state index contributed by atoms with van der Waals surface area (Å²) < 4.78 is 1.94. The van der Waals surface area contributed by atoms with Crippen LogP contribution in [-0.2, 0) is 6.54 Å². The van der Waals surface area contributed by atoms with Gasteiger partial charge in [-0.15, -0.1) is 0 Å². The molecule has 1 amide bonds. The average molecular weight is 262 g/mol. The lowest BCUT2D eigenvalue weighted by molar-refractivity contribution is 0.0736. The molecule has 3 rings (SSSR count). The van der Waals surface area contributed by atoms with Gasteiger partial charge in [0.15, 0.2) is 0 Å². The fourth-order valence-corrected chi connectivity index (χ4v) is 3.35. The van der Waals surface area contributed by atoms with Crippen LogP contribution in [0.1, 0.15) is 35.8 Å². The van der Waals surface area contributed by atoms with Crippen molar-refractivity contribution in [2.75, 3.05) is 19.6 Å². The number of aromatic nitrogens is 2. The number of nitrogens with zero attached hydrogens (tertiary/aromatic N) is 3. The van der Waals surface area contributed by atoms with Crippen LogP contribution in [0.5, 0.6) is 0 Å². The van der Waals surface area contributed by atoms with Crippen LogP contribution >= 0.6 is 0 Å². The summed E-state index contributed by atoms with van der Waals surface area (Å²) in [6.07, 6.45) is 3.91. The van der Waals surface area contributed by atoms with Crippen LogP contribution in [0.2, 0.25) is 0 Å². The summed E-state index contributed by atoms with van der Waals surface area (Å²) in [5, 5.41) is 7.72. The lowest BCUT2D eigenvalue weighted by atomic mass is 10.0. The number of amides is 1. The number of likely N-dealkylation sites (tertiary alicyclic amines) is 1. The Bertz CT molecular complexity index is 482. The first-order valence-corrected chi connectivity index (χ1v) is 7.26. The van der Waals surface area contributed by atoms with Gasteiger partial charge in [-0.25, -0.2) is 0 Å². The van der Waals surface area contributed by atoms with E-state index >= 15 is 0 Å². The highest BCUT2D eigenvalue weighted by Crippen LogP contribution is 2.29. The lowest BCUT2D eigenvalue weighted by Gasteiger charge is -2.23. The van der Waals surface area contributed by atoms with Crippen molar-refractivity contribution in [2.45, 2.75) is 39.3 Å². The minimum Gasteiger partial charge on any atom is -0.334 e. The largest absolute Gasteiger partial charge is 0.334 e. The lowest BCUT2D eigenvalue weighted by Crippen LogP contribution is -2.39. The zero-order valence-corrected chi connectivity index (χ0v) is 11.7. The number of hydrogen-bond acceptors (Lipinski definition) is 3. The third kappa shape index (κ3) is 2.06. The van der Waals surface area contributed by atoms with Gasteiger partial charge < -0.3 is 10.2 Å². The first kappa shape index (κ1) is 12.7. The number of carbonyl (C=O) groups excluding carboxylic acids is 1. The van der Waals surface area contributed by atoms with Crippen molar-refractivity contribution in [1.82, 2.24) is 20.0 Å². The average Bonchev–Trinajstić information content (AvgIpc) is 3.05. The number of fused-ring (bicyclic) bond motifs is 1. The highest BCUT2D eigenvalue weighted by molar-refractivity contribution is 5.95. The van der Waals surface area contributed by atoms with E-state index in [1.54, 1.807) is 6.20 Å². The van der Waals surface area contributed by atoms with Crippen LogP contribution < -0.4 is 5.32 Å². The van der Waals surface area contributed by atoms with Gasteiger partial charge in [0.05, 0.1) is 11.8 Å². The van der Waals surface area contributed by atoms with Crippen molar-refractivity contribution in [3.8, 4) is 0 Å². The van der Waals surface area contributed by atoms with Crippen LogP contribution in [0.15, 0.2) is 6.20 Å². The molecule has 0 aromatic carbocycles. The highest BCUT2D eigenvalue weighted by atomic mass is 16.2. The number of rotatable bonds is 3. The molecule has 0 spiro atoms. The summed E-state index contributed by atoms with van der Waals surface area (Å²) in [6, 6.07) is 0.390. The van der Waals surface area contributed by atoms with Gasteiger partial charge in [0, 0.05) is 37.9 Å². The van der Waals surface area contributed by atoms with Gasteiger partial charge in [-0.05, 0) is 25.7 Å². The van der Waals surface area contributed by atoms with Crippen molar-refractivity contribution in [1.29, 1.82) is 0 Å². The second-order valence-electron chi connectivity index (χ2n) is 5.64. The Kier molecular flexibility index (Phi) is 3.31. The molecule has 5 nitrogen and oxygen atoms in total. The maximum absolute atomic E-state index is 12.7. The van der Waals surface area contributed by atoms with E-state index in [-0.39, 0.29) is 5.91 Å². The number of hydrogen-bond donors (Lipinski definition) is 1. The molecule has 1 aromatic heterocycles. The molecule has 2 saturated heterocycles. The molecule has 2 fully saturated rings. The predicted octanol–water partition coefficient (Wildman–Crippen LogP) is 1.04. The molecule has 104 valence electrons. The molecule has 0 aliphatic carbocycles. The number of aryl methyl sites for hydroxylation is 1. The third-order valence-corrected chi connectivity index (χ3v) is 4.48. The van der Waals surface area contributed by atoms with E-state index in [4.69, 9.17) is 0 Å². The van der Waals surface area contributed by atoms with E-state index in [0.29, 0.717) is 12.0 Å². The molecule has 2 atom stereocenters. The maximum atomic E-state index is 12.7. The smallest absolute Gasteiger partial charge is 0.257 e. The Morgan fingerprint density at radius 2 is 2.37 bits per heavy atom. The number of carbonyl (C=O) groups is 1. The second-order valence-corrected chi connectivity index (χ2v) is 5.64. The van der Waals surface area contributed by atoms with Crippen molar-refractivity contribution in [2.24, 2.45) is 5.92 Å². The van der Waals surface area contributed by atoms with Gasteiger partial charge in [-0.3, -0.25) is 9.48 Å². The SMILES string of the molecule is CCCn1ncc(C(=O)N2CCC3CNCC32)c1C. The fourth-order valence-electron chi connectivity index (χ4n) is 3.35. The van der Waals surface area contributed by atoms with Gasteiger partial charge in [-0.2, -0.15) is 5.10 Å². The Balaban J connectivity index is 1.80. The third-order valence-electron chi connectivity index (χ3n) is 4.48. The topological polar surface area (TPSA) is 50.2 Å². The summed E-state index contributed by atoms with van der Waals surface area (Å²) in [5.74, 6) is 0.811. The molecule has 2 aliphatic rings. The van der Waals surface area contributed by atoms with E-state index in [9.17, 15) is 4.79 Å². The standard InChI is InChI=1S/C14H22N4O/c1-3-5-18-10(2)12(8-16-18)14(19)17-6-4-11-7-15-9-13(11)17/h8,11,13,15H,3-7,9H2,1-2H3. The van der Waals surface area contributed by atoms with Gasteiger partial charge >= 0.3 is 0 Å². The van der Waals surface area contributed by atoms with Gasteiger partial charge in [-0.1, -0.05) is 6.92 Å². The summed E-state index contributed by atoms with van der Waals surface area (Å²) in [4.78, 5) is 14.7. The second kappa shape index (κ2) is 4.96. The summed E-state index contributed by atoms with van der Waals surface area (Å²) >= 11 is 0.